The molecule has 2 nitrogen and oxygen atoms in total. The van der Waals surface area contributed by atoms with Crippen molar-refractivity contribution < 1.29 is 0 Å². The quantitative estimate of drug-likeness (QED) is 0.161. The fraction of sp³-hybridized carbons (Fsp3) is 0.929. The van der Waals surface area contributed by atoms with Gasteiger partial charge >= 0.3 is 0 Å². The molecule has 0 spiro atoms. The van der Waals surface area contributed by atoms with Crippen molar-refractivity contribution in [2.75, 3.05) is 13.1 Å². The van der Waals surface area contributed by atoms with E-state index in [1.165, 1.54) is 142 Å². The van der Waals surface area contributed by atoms with E-state index >= 15 is 0 Å². The van der Waals surface area contributed by atoms with Gasteiger partial charge < -0.3 is 9.80 Å². The molecule has 0 aromatic carbocycles. The van der Waals surface area contributed by atoms with Gasteiger partial charge in [0.25, 0.3) is 0 Å². The molecule has 0 aromatic heterocycles. The Morgan fingerprint density at radius 3 is 1.23 bits per heavy atom. The van der Waals surface area contributed by atoms with Crippen LogP contribution >= 0.6 is 0 Å². The zero-order valence-corrected chi connectivity index (χ0v) is 21.2. The predicted molar refractivity (Wildman–Crippen MR) is 136 cm³/mol. The Hall–Kier alpha value is -0.660. The molecule has 30 heavy (non-hydrogen) atoms. The highest BCUT2D eigenvalue weighted by Gasteiger charge is 2.24. The maximum atomic E-state index is 2.67. The summed E-state index contributed by atoms with van der Waals surface area (Å²) in [5.74, 6) is 0. The first kappa shape index (κ1) is 27.4. The highest BCUT2D eigenvalue weighted by Crippen LogP contribution is 2.23. The molecular weight excluding hydrogens is 364 g/mol. The monoisotopic (exact) mass is 420 g/mol. The van der Waals surface area contributed by atoms with E-state index in [0.29, 0.717) is 6.17 Å². The van der Waals surface area contributed by atoms with Crippen LogP contribution in [0.2, 0.25) is 0 Å². The molecule has 0 saturated carbocycles. The van der Waals surface area contributed by atoms with Crippen LogP contribution in [0.5, 0.6) is 0 Å². The van der Waals surface area contributed by atoms with Gasteiger partial charge in [0.1, 0.15) is 6.17 Å². The van der Waals surface area contributed by atoms with Crippen LogP contribution in [0.15, 0.2) is 12.4 Å². The molecule has 0 bridgehead atoms. The summed E-state index contributed by atoms with van der Waals surface area (Å²) in [5.41, 5.74) is 0. The molecular formula is C28H56N2. The number of rotatable bonds is 22. The summed E-state index contributed by atoms with van der Waals surface area (Å²) in [7, 11) is 0. The molecule has 1 heterocycles. The first-order valence-corrected chi connectivity index (χ1v) is 14.0. The minimum Gasteiger partial charge on any atom is -0.356 e. The summed E-state index contributed by atoms with van der Waals surface area (Å²) in [6.45, 7) is 9.43. The van der Waals surface area contributed by atoms with Gasteiger partial charge in [0.15, 0.2) is 0 Å². The Kier molecular flexibility index (Phi) is 18.5. The lowest BCUT2D eigenvalue weighted by Gasteiger charge is -2.33. The number of hydrogen-bond acceptors (Lipinski definition) is 2. The molecule has 1 rings (SSSR count). The highest BCUT2D eigenvalue weighted by molar-refractivity contribution is 4.96. The van der Waals surface area contributed by atoms with Crippen molar-refractivity contribution in [2.45, 2.75) is 155 Å². The Morgan fingerprint density at radius 1 is 0.433 bits per heavy atom. The summed E-state index contributed by atoms with van der Waals surface area (Å²) in [5, 5.41) is 0. The van der Waals surface area contributed by atoms with Gasteiger partial charge in [-0.1, -0.05) is 124 Å². The van der Waals surface area contributed by atoms with Crippen LogP contribution in [0.4, 0.5) is 0 Å². The zero-order valence-electron chi connectivity index (χ0n) is 21.2. The van der Waals surface area contributed by atoms with Crippen LogP contribution in [-0.4, -0.2) is 29.1 Å². The van der Waals surface area contributed by atoms with E-state index < -0.39 is 0 Å². The minimum atomic E-state index is 0.645. The fourth-order valence-corrected chi connectivity index (χ4v) is 4.77. The summed E-state index contributed by atoms with van der Waals surface area (Å²) < 4.78 is 0. The van der Waals surface area contributed by atoms with Crippen molar-refractivity contribution in [1.29, 1.82) is 0 Å². The zero-order chi connectivity index (χ0) is 21.7. The third kappa shape index (κ3) is 13.6. The van der Waals surface area contributed by atoms with Crippen molar-refractivity contribution in [2.24, 2.45) is 0 Å². The normalized spacial score (nSPS) is 16.2. The Bertz CT molecular complexity index is 379. The van der Waals surface area contributed by atoms with E-state index in [1.54, 1.807) is 0 Å². The van der Waals surface area contributed by atoms with Crippen molar-refractivity contribution in [1.82, 2.24) is 9.80 Å². The number of unbranched alkanes of at least 4 members (excludes halogenated alkanes) is 16. The van der Waals surface area contributed by atoms with Gasteiger partial charge in [-0.25, -0.2) is 0 Å². The van der Waals surface area contributed by atoms with Crippen LogP contribution in [-0.2, 0) is 0 Å². The van der Waals surface area contributed by atoms with Gasteiger partial charge in [0, 0.05) is 25.5 Å². The second kappa shape index (κ2) is 20.3. The van der Waals surface area contributed by atoms with Crippen LogP contribution in [0.3, 0.4) is 0 Å². The largest absolute Gasteiger partial charge is 0.356 e. The highest BCUT2D eigenvalue weighted by atomic mass is 15.4. The summed E-state index contributed by atoms with van der Waals surface area (Å²) in [4.78, 5) is 5.33. The molecule has 1 aliphatic rings. The molecule has 178 valence electrons. The van der Waals surface area contributed by atoms with Gasteiger partial charge in [-0.2, -0.15) is 0 Å². The molecule has 2 heteroatoms. The SMILES string of the molecule is CCCCCCCCCCC1N(CCCCC)C=CN1CCCCCCCCCC. The van der Waals surface area contributed by atoms with Crippen molar-refractivity contribution in [3.05, 3.63) is 12.4 Å². The fourth-order valence-electron chi connectivity index (χ4n) is 4.77. The second-order valence-corrected chi connectivity index (χ2v) is 9.70. The van der Waals surface area contributed by atoms with Crippen LogP contribution in [0.25, 0.3) is 0 Å². The molecule has 0 N–H and O–H groups in total. The van der Waals surface area contributed by atoms with Gasteiger partial charge in [0.05, 0.1) is 0 Å². The Balaban J connectivity index is 2.23. The first-order chi connectivity index (χ1) is 14.8. The Morgan fingerprint density at radius 2 is 0.767 bits per heavy atom. The number of nitrogens with zero attached hydrogens (tertiary/aromatic N) is 2. The lowest BCUT2D eigenvalue weighted by Crippen LogP contribution is -2.39. The van der Waals surface area contributed by atoms with Crippen molar-refractivity contribution >= 4 is 0 Å². The van der Waals surface area contributed by atoms with Crippen LogP contribution in [0.1, 0.15) is 149 Å². The summed E-state index contributed by atoms with van der Waals surface area (Å²) in [6, 6.07) is 0. The van der Waals surface area contributed by atoms with Gasteiger partial charge in [-0.3, -0.25) is 0 Å². The molecule has 0 fully saturated rings. The van der Waals surface area contributed by atoms with Gasteiger partial charge in [0.2, 0.25) is 0 Å². The third-order valence-electron chi connectivity index (χ3n) is 6.82. The second-order valence-electron chi connectivity index (χ2n) is 9.70. The van der Waals surface area contributed by atoms with Crippen LogP contribution in [0, 0.1) is 0 Å². The summed E-state index contributed by atoms with van der Waals surface area (Å²) >= 11 is 0. The standard InChI is InChI=1S/C28H56N2/c1-4-7-10-12-14-16-18-20-23-28-29(24-21-9-6-3)26-27-30(28)25-22-19-17-15-13-11-8-5-2/h26-28H,4-25H2,1-3H3. The van der Waals surface area contributed by atoms with Gasteiger partial charge in [-0.05, 0) is 25.7 Å². The molecule has 1 aliphatic heterocycles. The molecule has 0 saturated heterocycles. The molecule has 1 unspecified atom stereocenters. The lowest BCUT2D eigenvalue weighted by atomic mass is 10.1. The predicted octanol–water partition coefficient (Wildman–Crippen LogP) is 9.26. The Labute approximate surface area is 190 Å². The smallest absolute Gasteiger partial charge is 0.101 e. The van der Waals surface area contributed by atoms with Gasteiger partial charge in [-0.15, -0.1) is 0 Å². The summed E-state index contributed by atoms with van der Waals surface area (Å²) in [6.07, 6.45) is 33.6. The van der Waals surface area contributed by atoms with E-state index in [2.05, 4.69) is 43.0 Å². The van der Waals surface area contributed by atoms with Crippen molar-refractivity contribution in [3.63, 3.8) is 0 Å². The number of hydrogen-bond donors (Lipinski definition) is 0. The molecule has 0 aromatic rings. The molecule has 0 aliphatic carbocycles. The lowest BCUT2D eigenvalue weighted by molar-refractivity contribution is 0.135. The topological polar surface area (TPSA) is 6.48 Å². The molecule has 0 radical (unpaired) electrons. The minimum absolute atomic E-state index is 0.645. The molecule has 0 amide bonds. The van der Waals surface area contributed by atoms with E-state index in [1.807, 2.05) is 0 Å². The average molecular weight is 421 g/mol. The maximum absolute atomic E-state index is 2.67. The van der Waals surface area contributed by atoms with E-state index in [4.69, 9.17) is 0 Å². The third-order valence-corrected chi connectivity index (χ3v) is 6.82. The molecule has 1 atom stereocenters. The average Bonchev–Trinajstić information content (AvgIpc) is 3.13. The van der Waals surface area contributed by atoms with Crippen LogP contribution < -0.4 is 0 Å². The van der Waals surface area contributed by atoms with E-state index in [0.717, 1.165) is 0 Å². The van der Waals surface area contributed by atoms with E-state index in [-0.39, 0.29) is 0 Å². The maximum Gasteiger partial charge on any atom is 0.101 e. The van der Waals surface area contributed by atoms with E-state index in [9.17, 15) is 0 Å². The van der Waals surface area contributed by atoms with Crippen molar-refractivity contribution in [3.8, 4) is 0 Å². The first-order valence-electron chi connectivity index (χ1n) is 14.0.